The number of hydrogen-bond acceptors (Lipinski definition) is 5. The van der Waals surface area contributed by atoms with Crippen LogP contribution in [-0.2, 0) is 13.1 Å². The molecule has 3 aromatic rings. The van der Waals surface area contributed by atoms with Crippen molar-refractivity contribution in [1.82, 2.24) is 10.2 Å². The molecule has 1 N–H and O–H groups in total. The SMILES string of the molecule is O=C(NCc1ccco1)c1ccc2c(c1)C(=O)N(Cc1ccco1)C2=O. The van der Waals surface area contributed by atoms with Gasteiger partial charge in [0.15, 0.2) is 0 Å². The van der Waals surface area contributed by atoms with Crippen LogP contribution in [-0.4, -0.2) is 22.6 Å². The summed E-state index contributed by atoms with van der Waals surface area (Å²) in [6, 6.07) is 11.3. The van der Waals surface area contributed by atoms with Crippen molar-refractivity contribution < 1.29 is 23.2 Å². The Hall–Kier alpha value is -3.61. The minimum absolute atomic E-state index is 0.0549. The highest BCUT2D eigenvalue weighted by Crippen LogP contribution is 2.25. The fraction of sp³-hybridized carbons (Fsp3) is 0.105. The van der Waals surface area contributed by atoms with Gasteiger partial charge in [0.2, 0.25) is 0 Å². The molecule has 0 aliphatic carbocycles. The number of amides is 3. The van der Waals surface area contributed by atoms with Gasteiger partial charge in [-0.2, -0.15) is 0 Å². The van der Waals surface area contributed by atoms with Gasteiger partial charge in [-0.25, -0.2) is 0 Å². The van der Waals surface area contributed by atoms with Crippen molar-refractivity contribution in [2.24, 2.45) is 0 Å². The highest BCUT2D eigenvalue weighted by Gasteiger charge is 2.36. The summed E-state index contributed by atoms with van der Waals surface area (Å²) in [5.74, 6) is -0.0636. The fourth-order valence-corrected chi connectivity index (χ4v) is 2.82. The number of hydrogen-bond donors (Lipinski definition) is 1. The molecule has 26 heavy (non-hydrogen) atoms. The first-order chi connectivity index (χ1) is 12.6. The molecule has 0 fully saturated rings. The lowest BCUT2D eigenvalue weighted by Crippen LogP contribution is -2.28. The molecule has 0 spiro atoms. The smallest absolute Gasteiger partial charge is 0.261 e. The van der Waals surface area contributed by atoms with E-state index >= 15 is 0 Å². The quantitative estimate of drug-likeness (QED) is 0.714. The topological polar surface area (TPSA) is 92.8 Å². The van der Waals surface area contributed by atoms with Gasteiger partial charge in [0.1, 0.15) is 11.5 Å². The standard InChI is InChI=1S/C19H14N2O5/c22-17(20-10-13-3-1-7-25-13)12-5-6-15-16(9-12)19(24)21(18(15)23)11-14-4-2-8-26-14/h1-9H,10-11H2,(H,20,22). The van der Waals surface area contributed by atoms with Gasteiger partial charge in [0.05, 0.1) is 36.7 Å². The van der Waals surface area contributed by atoms with Crippen molar-refractivity contribution in [3.8, 4) is 0 Å². The normalized spacial score (nSPS) is 13.2. The fourth-order valence-electron chi connectivity index (χ4n) is 2.82. The largest absolute Gasteiger partial charge is 0.467 e. The van der Waals surface area contributed by atoms with Gasteiger partial charge in [-0.3, -0.25) is 19.3 Å². The first-order valence-corrected chi connectivity index (χ1v) is 7.96. The molecule has 4 rings (SSSR count). The van der Waals surface area contributed by atoms with Gasteiger partial charge in [-0.1, -0.05) is 0 Å². The van der Waals surface area contributed by atoms with Crippen molar-refractivity contribution in [3.05, 3.63) is 83.2 Å². The molecule has 7 heteroatoms. The van der Waals surface area contributed by atoms with E-state index in [1.807, 2.05) is 0 Å². The van der Waals surface area contributed by atoms with Crippen molar-refractivity contribution >= 4 is 17.7 Å². The van der Waals surface area contributed by atoms with E-state index in [0.29, 0.717) is 17.1 Å². The molecule has 0 radical (unpaired) electrons. The number of nitrogens with zero attached hydrogens (tertiary/aromatic N) is 1. The van der Waals surface area contributed by atoms with E-state index in [1.54, 1.807) is 24.3 Å². The number of rotatable bonds is 5. The zero-order chi connectivity index (χ0) is 18.1. The average Bonchev–Trinajstić information content (AvgIpc) is 3.39. The maximum atomic E-state index is 12.6. The average molecular weight is 350 g/mol. The lowest BCUT2D eigenvalue weighted by atomic mass is 10.1. The highest BCUT2D eigenvalue weighted by atomic mass is 16.3. The molecule has 7 nitrogen and oxygen atoms in total. The zero-order valence-corrected chi connectivity index (χ0v) is 13.6. The zero-order valence-electron chi connectivity index (χ0n) is 13.6. The maximum Gasteiger partial charge on any atom is 0.261 e. The third kappa shape index (κ3) is 2.79. The lowest BCUT2D eigenvalue weighted by Gasteiger charge is -2.11. The molecule has 0 saturated carbocycles. The van der Waals surface area contributed by atoms with E-state index in [1.165, 1.54) is 30.7 Å². The summed E-state index contributed by atoms with van der Waals surface area (Å²) in [6.45, 7) is 0.291. The number of imide groups is 1. The summed E-state index contributed by atoms with van der Waals surface area (Å²) < 4.78 is 10.4. The molecule has 1 aliphatic rings. The van der Waals surface area contributed by atoms with Crippen LogP contribution in [0.4, 0.5) is 0 Å². The molecule has 1 aromatic carbocycles. The monoisotopic (exact) mass is 350 g/mol. The van der Waals surface area contributed by atoms with Crippen molar-refractivity contribution in [1.29, 1.82) is 0 Å². The van der Waals surface area contributed by atoms with E-state index < -0.39 is 11.8 Å². The van der Waals surface area contributed by atoms with Gasteiger partial charge >= 0.3 is 0 Å². The van der Waals surface area contributed by atoms with Crippen LogP contribution in [0.1, 0.15) is 42.6 Å². The molecule has 3 heterocycles. The number of carbonyl (C=O) groups is 3. The Morgan fingerprint density at radius 3 is 2.31 bits per heavy atom. The second-order valence-corrected chi connectivity index (χ2v) is 5.80. The van der Waals surface area contributed by atoms with Crippen LogP contribution >= 0.6 is 0 Å². The van der Waals surface area contributed by atoms with Crippen molar-refractivity contribution in [3.63, 3.8) is 0 Å². The molecule has 3 amide bonds. The van der Waals surface area contributed by atoms with E-state index in [9.17, 15) is 14.4 Å². The van der Waals surface area contributed by atoms with Crippen LogP contribution in [0, 0.1) is 0 Å². The molecular weight excluding hydrogens is 336 g/mol. The first kappa shape index (κ1) is 15.9. The Labute approximate surface area is 148 Å². The van der Waals surface area contributed by atoms with Crippen LogP contribution in [0.15, 0.2) is 63.8 Å². The number of carbonyl (C=O) groups excluding carboxylic acids is 3. The summed E-state index contributed by atoms with van der Waals surface area (Å²) in [5.41, 5.74) is 0.799. The molecule has 130 valence electrons. The predicted octanol–water partition coefficient (Wildman–Crippen LogP) is 2.60. The van der Waals surface area contributed by atoms with Crippen LogP contribution in [0.3, 0.4) is 0 Å². The summed E-state index contributed by atoms with van der Waals surface area (Å²) >= 11 is 0. The number of nitrogens with one attached hydrogen (secondary N) is 1. The van der Waals surface area contributed by atoms with Gasteiger partial charge in [0, 0.05) is 5.56 Å². The molecule has 1 aliphatic heterocycles. The summed E-state index contributed by atoms with van der Waals surface area (Å²) in [5, 5.41) is 2.71. The minimum atomic E-state index is -0.443. The molecule has 2 aromatic heterocycles. The highest BCUT2D eigenvalue weighted by molar-refractivity contribution is 6.21. The molecule has 0 atom stereocenters. The predicted molar refractivity (Wildman–Crippen MR) is 89.2 cm³/mol. The summed E-state index contributed by atoms with van der Waals surface area (Å²) in [4.78, 5) is 38.4. The van der Waals surface area contributed by atoms with Gasteiger partial charge in [-0.15, -0.1) is 0 Å². The second-order valence-electron chi connectivity index (χ2n) is 5.80. The molecule has 0 saturated heterocycles. The third-order valence-corrected chi connectivity index (χ3v) is 4.13. The van der Waals surface area contributed by atoms with Crippen LogP contribution in [0.2, 0.25) is 0 Å². The van der Waals surface area contributed by atoms with Crippen LogP contribution in [0.25, 0.3) is 0 Å². The Bertz CT molecular complexity index is 974. The minimum Gasteiger partial charge on any atom is -0.467 e. The van der Waals surface area contributed by atoms with Crippen LogP contribution in [0.5, 0.6) is 0 Å². The number of fused-ring (bicyclic) bond motifs is 1. The van der Waals surface area contributed by atoms with E-state index in [4.69, 9.17) is 8.83 Å². The Kier molecular flexibility index (Phi) is 3.89. The van der Waals surface area contributed by atoms with Crippen molar-refractivity contribution in [2.75, 3.05) is 0 Å². The first-order valence-electron chi connectivity index (χ1n) is 7.96. The number of benzene rings is 1. The maximum absolute atomic E-state index is 12.6. The third-order valence-electron chi connectivity index (χ3n) is 4.13. The number of furan rings is 2. The van der Waals surface area contributed by atoms with E-state index in [0.717, 1.165) is 4.90 Å². The molecule has 0 bridgehead atoms. The molecular formula is C19H14N2O5. The van der Waals surface area contributed by atoms with Gasteiger partial charge in [-0.05, 0) is 42.5 Å². The lowest BCUT2D eigenvalue weighted by molar-refractivity contribution is 0.0631. The van der Waals surface area contributed by atoms with Gasteiger partial charge in [0.25, 0.3) is 17.7 Å². The second kappa shape index (κ2) is 6.36. The summed E-state index contributed by atoms with van der Waals surface area (Å²) in [6.07, 6.45) is 3.00. The summed E-state index contributed by atoms with van der Waals surface area (Å²) in [7, 11) is 0. The molecule has 0 unspecified atom stereocenters. The van der Waals surface area contributed by atoms with E-state index in [2.05, 4.69) is 5.32 Å². The van der Waals surface area contributed by atoms with Crippen LogP contribution < -0.4 is 5.32 Å². The van der Waals surface area contributed by atoms with E-state index in [-0.39, 0.29) is 30.1 Å². The Balaban J connectivity index is 1.52. The van der Waals surface area contributed by atoms with Crippen molar-refractivity contribution in [2.45, 2.75) is 13.1 Å². The Morgan fingerprint density at radius 1 is 0.923 bits per heavy atom. The Morgan fingerprint density at radius 2 is 1.62 bits per heavy atom. The van der Waals surface area contributed by atoms with Gasteiger partial charge < -0.3 is 14.2 Å².